The van der Waals surface area contributed by atoms with E-state index in [0.29, 0.717) is 10.9 Å². The van der Waals surface area contributed by atoms with E-state index in [1.807, 2.05) is 30.8 Å². The Kier molecular flexibility index (Phi) is 7.38. The van der Waals surface area contributed by atoms with Gasteiger partial charge in [-0.3, -0.25) is 4.79 Å². The summed E-state index contributed by atoms with van der Waals surface area (Å²) in [6, 6.07) is 13.2. The zero-order valence-electron chi connectivity index (χ0n) is 16.9. The quantitative estimate of drug-likeness (QED) is 0.663. The molecule has 1 aliphatic rings. The molecule has 0 spiro atoms. The highest BCUT2D eigenvalue weighted by molar-refractivity contribution is 8.00. The van der Waals surface area contributed by atoms with Crippen molar-refractivity contribution in [2.45, 2.75) is 67.0 Å². The minimum absolute atomic E-state index is 0.139. The first-order valence-corrected chi connectivity index (χ1v) is 12.4. The molecule has 29 heavy (non-hydrogen) atoms. The molecule has 2 aromatic rings. The van der Waals surface area contributed by atoms with Gasteiger partial charge < -0.3 is 5.32 Å². The highest BCUT2D eigenvalue weighted by Crippen LogP contribution is 2.34. The first-order valence-electron chi connectivity index (χ1n) is 10.0. The number of nitrogens with one attached hydrogen (secondary N) is 2. The number of hydrogen-bond donors (Lipinski definition) is 2. The van der Waals surface area contributed by atoms with Gasteiger partial charge in [0, 0.05) is 15.8 Å². The highest BCUT2D eigenvalue weighted by Gasteiger charge is 2.22. The normalized spacial score (nSPS) is 16.3. The van der Waals surface area contributed by atoms with Crippen LogP contribution < -0.4 is 10.0 Å². The summed E-state index contributed by atoms with van der Waals surface area (Å²) < 4.78 is 27.2. The second-order valence-electron chi connectivity index (χ2n) is 7.50. The van der Waals surface area contributed by atoms with E-state index < -0.39 is 16.1 Å². The van der Waals surface area contributed by atoms with Crippen LogP contribution in [0.3, 0.4) is 0 Å². The molecule has 3 rings (SSSR count). The van der Waals surface area contributed by atoms with Crippen molar-refractivity contribution in [3.63, 3.8) is 0 Å². The Balaban J connectivity index is 1.60. The van der Waals surface area contributed by atoms with Gasteiger partial charge in [0.2, 0.25) is 15.9 Å². The molecule has 1 saturated carbocycles. The molecule has 156 valence electrons. The van der Waals surface area contributed by atoms with E-state index in [-0.39, 0.29) is 10.8 Å². The maximum Gasteiger partial charge on any atom is 0.242 e. The van der Waals surface area contributed by atoms with Gasteiger partial charge in [0.15, 0.2) is 0 Å². The molecule has 0 aliphatic heterocycles. The predicted octanol–water partition coefficient (Wildman–Crippen LogP) is 4.73. The Morgan fingerprint density at radius 1 is 1.07 bits per heavy atom. The van der Waals surface area contributed by atoms with Gasteiger partial charge >= 0.3 is 0 Å². The molecule has 1 amide bonds. The Bertz CT molecular complexity index is 940. The third kappa shape index (κ3) is 6.07. The number of hydrogen-bond acceptors (Lipinski definition) is 4. The third-order valence-corrected chi connectivity index (χ3v) is 7.98. The molecule has 2 N–H and O–H groups in total. The Morgan fingerprint density at radius 3 is 2.41 bits per heavy atom. The van der Waals surface area contributed by atoms with Crippen molar-refractivity contribution in [2.75, 3.05) is 5.32 Å². The SMILES string of the molecule is Cc1cc(SC2CCCCC2)ccc1NC(=O)[C@H](C)NS(=O)(=O)c1ccccc1. The first kappa shape index (κ1) is 21.9. The molecule has 5 nitrogen and oxygen atoms in total. The molecule has 7 heteroatoms. The number of anilines is 1. The van der Waals surface area contributed by atoms with E-state index in [1.165, 1.54) is 49.1 Å². The lowest BCUT2D eigenvalue weighted by molar-refractivity contribution is -0.117. The summed E-state index contributed by atoms with van der Waals surface area (Å²) in [5.41, 5.74) is 1.67. The molecule has 0 aromatic heterocycles. The summed E-state index contributed by atoms with van der Waals surface area (Å²) in [5, 5.41) is 3.52. The lowest BCUT2D eigenvalue weighted by Gasteiger charge is -2.21. The van der Waals surface area contributed by atoms with Crippen molar-refractivity contribution in [2.24, 2.45) is 0 Å². The van der Waals surface area contributed by atoms with Crippen LogP contribution in [0.15, 0.2) is 58.3 Å². The summed E-state index contributed by atoms with van der Waals surface area (Å²) >= 11 is 1.91. The van der Waals surface area contributed by atoms with Crippen LogP contribution in [0.4, 0.5) is 5.69 Å². The van der Waals surface area contributed by atoms with Crippen molar-refractivity contribution in [3.8, 4) is 0 Å². The van der Waals surface area contributed by atoms with E-state index in [1.54, 1.807) is 25.1 Å². The van der Waals surface area contributed by atoms with Gasteiger partial charge in [-0.2, -0.15) is 4.72 Å². The van der Waals surface area contributed by atoms with Gasteiger partial charge in [-0.15, -0.1) is 11.8 Å². The number of amides is 1. The minimum Gasteiger partial charge on any atom is -0.324 e. The van der Waals surface area contributed by atoms with Gasteiger partial charge in [0.05, 0.1) is 10.9 Å². The summed E-state index contributed by atoms with van der Waals surface area (Å²) in [6.45, 7) is 3.50. The van der Waals surface area contributed by atoms with Gasteiger partial charge in [-0.1, -0.05) is 37.5 Å². The zero-order valence-corrected chi connectivity index (χ0v) is 18.5. The number of benzene rings is 2. The average Bonchev–Trinajstić information content (AvgIpc) is 2.71. The van der Waals surface area contributed by atoms with Crippen molar-refractivity contribution in [3.05, 3.63) is 54.1 Å². The maximum atomic E-state index is 12.5. The van der Waals surface area contributed by atoms with Gasteiger partial charge in [0.25, 0.3) is 0 Å². The van der Waals surface area contributed by atoms with Crippen LogP contribution in [0.2, 0.25) is 0 Å². The van der Waals surface area contributed by atoms with Crippen LogP contribution >= 0.6 is 11.8 Å². The lowest BCUT2D eigenvalue weighted by Crippen LogP contribution is -2.41. The fraction of sp³-hybridized carbons (Fsp3) is 0.409. The molecule has 0 unspecified atom stereocenters. The van der Waals surface area contributed by atoms with Crippen LogP contribution in [0, 0.1) is 6.92 Å². The highest BCUT2D eigenvalue weighted by atomic mass is 32.2. The fourth-order valence-corrected chi connectivity index (χ4v) is 5.99. The third-order valence-electron chi connectivity index (χ3n) is 5.09. The monoisotopic (exact) mass is 432 g/mol. The fourth-order valence-electron chi connectivity index (χ4n) is 3.42. The van der Waals surface area contributed by atoms with E-state index in [9.17, 15) is 13.2 Å². The molecule has 1 atom stereocenters. The molecule has 0 radical (unpaired) electrons. The average molecular weight is 433 g/mol. The maximum absolute atomic E-state index is 12.5. The van der Waals surface area contributed by atoms with Gasteiger partial charge in [0.1, 0.15) is 0 Å². The van der Waals surface area contributed by atoms with Crippen molar-refractivity contribution < 1.29 is 13.2 Å². The molecule has 1 fully saturated rings. The van der Waals surface area contributed by atoms with Gasteiger partial charge in [-0.25, -0.2) is 8.42 Å². The standard InChI is InChI=1S/C22H28N2O3S2/c1-16-15-19(28-18-9-5-3-6-10-18)13-14-21(16)23-22(25)17(2)24-29(26,27)20-11-7-4-8-12-20/h4,7-8,11-15,17-18,24H,3,5-6,9-10H2,1-2H3,(H,23,25)/t17-/m0/s1. The van der Waals surface area contributed by atoms with E-state index in [0.717, 1.165) is 5.56 Å². The van der Waals surface area contributed by atoms with Crippen molar-refractivity contribution >= 4 is 33.4 Å². The van der Waals surface area contributed by atoms with Crippen LogP contribution in [-0.4, -0.2) is 25.6 Å². The smallest absolute Gasteiger partial charge is 0.242 e. The van der Waals surface area contributed by atoms with Crippen molar-refractivity contribution in [1.82, 2.24) is 4.72 Å². The number of carbonyl (C=O) groups is 1. The summed E-state index contributed by atoms with van der Waals surface area (Å²) in [7, 11) is -3.74. The Labute approximate surface area is 177 Å². The minimum atomic E-state index is -3.74. The molecule has 2 aromatic carbocycles. The number of rotatable bonds is 7. The Morgan fingerprint density at radius 2 is 1.76 bits per heavy atom. The largest absolute Gasteiger partial charge is 0.324 e. The molecule has 0 saturated heterocycles. The second-order valence-corrected chi connectivity index (χ2v) is 10.6. The van der Waals surface area contributed by atoms with Crippen LogP contribution in [-0.2, 0) is 14.8 Å². The zero-order chi connectivity index (χ0) is 20.9. The van der Waals surface area contributed by atoms with E-state index in [2.05, 4.69) is 16.1 Å². The topological polar surface area (TPSA) is 75.3 Å². The number of thioether (sulfide) groups is 1. The van der Waals surface area contributed by atoms with Gasteiger partial charge in [-0.05, 0) is 62.6 Å². The predicted molar refractivity (Wildman–Crippen MR) is 119 cm³/mol. The summed E-state index contributed by atoms with van der Waals surface area (Å²) in [6.07, 6.45) is 6.49. The van der Waals surface area contributed by atoms with Crippen LogP contribution in [0.5, 0.6) is 0 Å². The molecule has 0 heterocycles. The molecule has 0 bridgehead atoms. The first-order chi connectivity index (χ1) is 13.8. The molecular formula is C22H28N2O3S2. The second kappa shape index (κ2) is 9.78. The van der Waals surface area contributed by atoms with Crippen molar-refractivity contribution in [1.29, 1.82) is 0 Å². The summed E-state index contributed by atoms with van der Waals surface area (Å²) in [4.78, 5) is 13.9. The van der Waals surface area contributed by atoms with E-state index >= 15 is 0 Å². The van der Waals surface area contributed by atoms with Crippen LogP contribution in [0.25, 0.3) is 0 Å². The van der Waals surface area contributed by atoms with E-state index in [4.69, 9.17) is 0 Å². The number of aryl methyl sites for hydroxylation is 1. The Hall–Kier alpha value is -1.83. The molecular weight excluding hydrogens is 404 g/mol. The summed E-state index contributed by atoms with van der Waals surface area (Å²) in [5.74, 6) is -0.389. The van der Waals surface area contributed by atoms with Crippen LogP contribution in [0.1, 0.15) is 44.6 Å². The number of sulfonamides is 1. The molecule has 1 aliphatic carbocycles. The number of carbonyl (C=O) groups excluding carboxylic acids is 1. The lowest BCUT2D eigenvalue weighted by atomic mass is 10.0.